The first-order chi connectivity index (χ1) is 8.20. The molecule has 0 aliphatic carbocycles. The first-order valence-electron chi connectivity index (χ1n) is 5.91. The number of nitrogen functional groups attached to an aromatic ring is 1. The van der Waals surface area contributed by atoms with E-state index in [1.807, 2.05) is 18.2 Å². The van der Waals surface area contributed by atoms with Gasteiger partial charge < -0.3 is 15.4 Å². The summed E-state index contributed by atoms with van der Waals surface area (Å²) in [6.07, 6.45) is 2.60. The molecule has 1 aliphatic rings. The summed E-state index contributed by atoms with van der Waals surface area (Å²) < 4.78 is 4.66. The number of methoxy groups -OCH3 is 1. The number of hydrogen-bond donors (Lipinski definition) is 1. The van der Waals surface area contributed by atoms with Crippen molar-refractivity contribution in [3.05, 3.63) is 23.8 Å². The van der Waals surface area contributed by atoms with Crippen LogP contribution in [0.2, 0.25) is 0 Å². The van der Waals surface area contributed by atoms with Crippen LogP contribution in [0.3, 0.4) is 0 Å². The molecule has 1 aliphatic heterocycles. The fraction of sp³-hybridized carbons (Fsp3) is 0.462. The van der Waals surface area contributed by atoms with Gasteiger partial charge in [0.05, 0.1) is 13.5 Å². The molecule has 0 unspecified atom stereocenters. The van der Waals surface area contributed by atoms with E-state index < -0.39 is 0 Å². The Morgan fingerprint density at radius 3 is 3.12 bits per heavy atom. The zero-order chi connectivity index (χ0) is 12.3. The first-order valence-corrected chi connectivity index (χ1v) is 5.91. The van der Waals surface area contributed by atoms with Gasteiger partial charge >= 0.3 is 5.97 Å². The quantitative estimate of drug-likeness (QED) is 0.637. The van der Waals surface area contributed by atoms with E-state index in [-0.39, 0.29) is 5.97 Å². The maximum atomic E-state index is 11.2. The highest BCUT2D eigenvalue weighted by Crippen LogP contribution is 2.28. The summed E-state index contributed by atoms with van der Waals surface area (Å²) in [5, 5.41) is 0. The number of ether oxygens (including phenoxy) is 1. The average Bonchev–Trinajstić information content (AvgIpc) is 2.35. The minimum Gasteiger partial charge on any atom is -0.469 e. The van der Waals surface area contributed by atoms with Gasteiger partial charge in [0, 0.05) is 24.5 Å². The third-order valence-corrected chi connectivity index (χ3v) is 3.13. The second-order valence-electron chi connectivity index (χ2n) is 4.30. The lowest BCUT2D eigenvalue weighted by atomic mass is 10.0. The molecule has 0 radical (unpaired) electrons. The van der Waals surface area contributed by atoms with Gasteiger partial charge in [-0.3, -0.25) is 4.79 Å². The Morgan fingerprint density at radius 2 is 2.35 bits per heavy atom. The Kier molecular flexibility index (Phi) is 3.52. The van der Waals surface area contributed by atoms with E-state index in [1.54, 1.807) is 0 Å². The highest BCUT2D eigenvalue weighted by molar-refractivity contribution is 5.70. The molecule has 0 atom stereocenters. The molecular weight excluding hydrogens is 216 g/mol. The van der Waals surface area contributed by atoms with Crippen LogP contribution in [-0.2, 0) is 16.0 Å². The molecule has 0 spiro atoms. The second kappa shape index (κ2) is 5.08. The van der Waals surface area contributed by atoms with E-state index in [9.17, 15) is 4.79 Å². The van der Waals surface area contributed by atoms with Crippen LogP contribution in [0.25, 0.3) is 0 Å². The van der Waals surface area contributed by atoms with Gasteiger partial charge in [0.25, 0.3) is 0 Å². The fourth-order valence-corrected chi connectivity index (χ4v) is 2.26. The van der Waals surface area contributed by atoms with Crippen LogP contribution in [0.4, 0.5) is 11.4 Å². The lowest BCUT2D eigenvalue weighted by Gasteiger charge is -2.31. The van der Waals surface area contributed by atoms with E-state index in [2.05, 4.69) is 9.64 Å². The van der Waals surface area contributed by atoms with Crippen LogP contribution < -0.4 is 10.6 Å². The molecule has 0 aromatic heterocycles. The van der Waals surface area contributed by atoms with Crippen LogP contribution in [0.5, 0.6) is 0 Å². The molecule has 92 valence electrons. The van der Waals surface area contributed by atoms with Crippen molar-refractivity contribution in [2.24, 2.45) is 0 Å². The predicted molar refractivity (Wildman–Crippen MR) is 68.0 cm³/mol. The summed E-state index contributed by atoms with van der Waals surface area (Å²) in [6, 6.07) is 5.98. The minimum atomic E-state index is -0.160. The number of benzene rings is 1. The highest BCUT2D eigenvalue weighted by atomic mass is 16.5. The van der Waals surface area contributed by atoms with Crippen molar-refractivity contribution < 1.29 is 9.53 Å². The zero-order valence-electron chi connectivity index (χ0n) is 10.1. The topological polar surface area (TPSA) is 55.6 Å². The normalized spacial score (nSPS) is 14.3. The summed E-state index contributed by atoms with van der Waals surface area (Å²) in [5.41, 5.74) is 9.06. The molecule has 2 N–H and O–H groups in total. The van der Waals surface area contributed by atoms with Crippen LogP contribution >= 0.6 is 0 Å². The van der Waals surface area contributed by atoms with Crippen molar-refractivity contribution in [2.75, 3.05) is 30.8 Å². The molecule has 0 saturated carbocycles. The summed E-state index contributed by atoms with van der Waals surface area (Å²) in [5.74, 6) is -0.160. The summed E-state index contributed by atoms with van der Waals surface area (Å²) in [4.78, 5) is 13.4. The largest absolute Gasteiger partial charge is 0.469 e. The van der Waals surface area contributed by atoms with Crippen LogP contribution in [0.1, 0.15) is 18.4 Å². The van der Waals surface area contributed by atoms with E-state index in [4.69, 9.17) is 5.73 Å². The smallest absolute Gasteiger partial charge is 0.307 e. The standard InChI is InChI=1S/C13H18N2O2/c1-17-13(16)6-8-15-7-2-3-10-9-11(14)4-5-12(10)15/h4-5,9H,2-3,6-8,14H2,1H3. The third-order valence-electron chi connectivity index (χ3n) is 3.13. The number of fused-ring (bicyclic) bond motifs is 1. The van der Waals surface area contributed by atoms with E-state index in [1.165, 1.54) is 18.4 Å². The lowest BCUT2D eigenvalue weighted by molar-refractivity contribution is -0.140. The van der Waals surface area contributed by atoms with Gasteiger partial charge in [-0.15, -0.1) is 0 Å². The third kappa shape index (κ3) is 2.70. The monoisotopic (exact) mass is 234 g/mol. The number of nitrogens with zero attached hydrogens (tertiary/aromatic N) is 1. The maximum absolute atomic E-state index is 11.2. The summed E-state index contributed by atoms with van der Waals surface area (Å²) in [7, 11) is 1.42. The van der Waals surface area contributed by atoms with Gasteiger partial charge in [0.15, 0.2) is 0 Å². The van der Waals surface area contributed by atoms with Crippen molar-refractivity contribution in [1.82, 2.24) is 0 Å². The zero-order valence-corrected chi connectivity index (χ0v) is 10.1. The molecule has 0 saturated heterocycles. The van der Waals surface area contributed by atoms with Gasteiger partial charge in [-0.1, -0.05) is 0 Å². The van der Waals surface area contributed by atoms with Gasteiger partial charge in [0.2, 0.25) is 0 Å². The van der Waals surface area contributed by atoms with Crippen molar-refractivity contribution in [3.8, 4) is 0 Å². The number of nitrogens with two attached hydrogens (primary N) is 1. The Labute approximate surface area is 101 Å². The van der Waals surface area contributed by atoms with Gasteiger partial charge in [0.1, 0.15) is 0 Å². The highest BCUT2D eigenvalue weighted by Gasteiger charge is 2.17. The van der Waals surface area contributed by atoms with Crippen LogP contribution in [0.15, 0.2) is 18.2 Å². The molecule has 1 heterocycles. The van der Waals surface area contributed by atoms with Gasteiger partial charge in [-0.2, -0.15) is 0 Å². The molecule has 1 aromatic rings. The number of esters is 1. The SMILES string of the molecule is COC(=O)CCN1CCCc2cc(N)ccc21. The minimum absolute atomic E-state index is 0.160. The number of hydrogen-bond acceptors (Lipinski definition) is 4. The van der Waals surface area contributed by atoms with Crippen LogP contribution in [0, 0.1) is 0 Å². The first kappa shape index (κ1) is 11.8. The van der Waals surface area contributed by atoms with E-state index in [0.29, 0.717) is 13.0 Å². The summed E-state index contributed by atoms with van der Waals surface area (Å²) in [6.45, 7) is 1.71. The van der Waals surface area contributed by atoms with Crippen molar-refractivity contribution >= 4 is 17.3 Å². The van der Waals surface area contributed by atoms with E-state index in [0.717, 1.165) is 25.1 Å². The molecule has 0 fully saturated rings. The Balaban J connectivity index is 2.09. The predicted octanol–water partition coefficient (Wildman–Crippen LogP) is 1.58. The van der Waals surface area contributed by atoms with Gasteiger partial charge in [-0.05, 0) is 36.6 Å². The summed E-state index contributed by atoms with van der Waals surface area (Å²) >= 11 is 0. The molecule has 1 aromatic carbocycles. The molecule has 0 bridgehead atoms. The lowest BCUT2D eigenvalue weighted by Crippen LogP contribution is -2.31. The van der Waals surface area contributed by atoms with E-state index >= 15 is 0 Å². The fourth-order valence-electron chi connectivity index (χ4n) is 2.26. The molecule has 4 heteroatoms. The van der Waals surface area contributed by atoms with Crippen molar-refractivity contribution in [1.29, 1.82) is 0 Å². The van der Waals surface area contributed by atoms with Crippen molar-refractivity contribution in [2.45, 2.75) is 19.3 Å². The van der Waals surface area contributed by atoms with Gasteiger partial charge in [-0.25, -0.2) is 0 Å². The van der Waals surface area contributed by atoms with Crippen LogP contribution in [-0.4, -0.2) is 26.2 Å². The molecule has 4 nitrogen and oxygen atoms in total. The molecule has 0 amide bonds. The number of anilines is 2. The number of aryl methyl sites for hydroxylation is 1. The molecular formula is C13H18N2O2. The Hall–Kier alpha value is -1.71. The average molecular weight is 234 g/mol. The van der Waals surface area contributed by atoms with Crippen molar-refractivity contribution in [3.63, 3.8) is 0 Å². The Bertz CT molecular complexity index is 418. The molecule has 17 heavy (non-hydrogen) atoms. The number of carbonyl (C=O) groups excluding carboxylic acids is 1. The number of rotatable bonds is 3. The molecule has 2 rings (SSSR count). The number of carbonyl (C=O) groups is 1. The maximum Gasteiger partial charge on any atom is 0.307 e. The second-order valence-corrected chi connectivity index (χ2v) is 4.30. The Morgan fingerprint density at radius 1 is 1.53 bits per heavy atom.